The molecular formula is C14H16FN3. The zero-order chi connectivity index (χ0) is 13.1. The highest BCUT2D eigenvalue weighted by Gasteiger charge is 2.16. The molecule has 3 nitrogen and oxygen atoms in total. The van der Waals surface area contributed by atoms with E-state index in [0.717, 1.165) is 22.3 Å². The van der Waals surface area contributed by atoms with E-state index in [1.165, 1.54) is 12.1 Å². The summed E-state index contributed by atoms with van der Waals surface area (Å²) >= 11 is 0. The van der Waals surface area contributed by atoms with Gasteiger partial charge in [-0.1, -0.05) is 6.07 Å². The highest BCUT2D eigenvalue weighted by atomic mass is 19.1. The number of hydrogen-bond donors (Lipinski definition) is 2. The van der Waals surface area contributed by atoms with Crippen molar-refractivity contribution in [1.82, 2.24) is 10.4 Å². The maximum Gasteiger partial charge on any atom is 0.123 e. The van der Waals surface area contributed by atoms with Crippen LogP contribution in [0.2, 0.25) is 0 Å². The van der Waals surface area contributed by atoms with Crippen LogP contribution in [0, 0.1) is 19.7 Å². The minimum absolute atomic E-state index is 0.159. The summed E-state index contributed by atoms with van der Waals surface area (Å²) < 4.78 is 13.1. The Morgan fingerprint density at radius 2 is 1.89 bits per heavy atom. The fourth-order valence-electron chi connectivity index (χ4n) is 2.12. The van der Waals surface area contributed by atoms with Crippen molar-refractivity contribution in [3.8, 4) is 0 Å². The fraction of sp³-hybridized carbons (Fsp3) is 0.214. The Morgan fingerprint density at radius 1 is 1.17 bits per heavy atom. The lowest BCUT2D eigenvalue weighted by atomic mass is 9.94. The molecule has 94 valence electrons. The van der Waals surface area contributed by atoms with Crippen molar-refractivity contribution in [1.29, 1.82) is 0 Å². The summed E-state index contributed by atoms with van der Waals surface area (Å²) in [7, 11) is 0. The summed E-state index contributed by atoms with van der Waals surface area (Å²) in [4.78, 5) is 4.06. The minimum Gasteiger partial charge on any atom is -0.271 e. The minimum atomic E-state index is -0.238. The number of benzene rings is 1. The maximum absolute atomic E-state index is 13.1. The predicted octanol–water partition coefficient (Wildman–Crippen LogP) is 2.39. The zero-order valence-electron chi connectivity index (χ0n) is 10.4. The van der Waals surface area contributed by atoms with E-state index in [9.17, 15) is 4.39 Å². The van der Waals surface area contributed by atoms with Crippen LogP contribution in [-0.2, 0) is 0 Å². The van der Waals surface area contributed by atoms with Crippen molar-refractivity contribution in [2.75, 3.05) is 0 Å². The van der Waals surface area contributed by atoms with Crippen LogP contribution in [0.5, 0.6) is 0 Å². The number of hydrazine groups is 1. The summed E-state index contributed by atoms with van der Waals surface area (Å²) in [5, 5.41) is 0. The second-order valence-corrected chi connectivity index (χ2v) is 4.33. The van der Waals surface area contributed by atoms with Gasteiger partial charge in [-0.2, -0.15) is 0 Å². The molecule has 2 aromatic rings. The monoisotopic (exact) mass is 245 g/mol. The second-order valence-electron chi connectivity index (χ2n) is 4.33. The molecule has 0 aliphatic rings. The molecule has 1 atom stereocenters. The lowest BCUT2D eigenvalue weighted by Crippen LogP contribution is -2.30. The van der Waals surface area contributed by atoms with Crippen molar-refractivity contribution in [2.45, 2.75) is 19.9 Å². The average Bonchev–Trinajstić information content (AvgIpc) is 2.34. The first-order valence-electron chi connectivity index (χ1n) is 5.76. The van der Waals surface area contributed by atoms with Crippen molar-refractivity contribution in [3.63, 3.8) is 0 Å². The topological polar surface area (TPSA) is 50.9 Å². The maximum atomic E-state index is 13.1. The first kappa shape index (κ1) is 12.7. The number of aromatic nitrogens is 1. The van der Waals surface area contributed by atoms with E-state index in [4.69, 9.17) is 5.84 Å². The molecule has 0 aliphatic carbocycles. The Hall–Kier alpha value is -1.78. The Labute approximate surface area is 106 Å². The Morgan fingerprint density at radius 3 is 2.50 bits per heavy atom. The van der Waals surface area contributed by atoms with Gasteiger partial charge < -0.3 is 0 Å². The van der Waals surface area contributed by atoms with E-state index in [0.29, 0.717) is 0 Å². The summed E-state index contributed by atoms with van der Waals surface area (Å²) in [5.74, 6) is 5.41. The predicted molar refractivity (Wildman–Crippen MR) is 69.3 cm³/mol. The van der Waals surface area contributed by atoms with Gasteiger partial charge in [0.1, 0.15) is 5.82 Å². The molecule has 3 N–H and O–H groups in total. The van der Waals surface area contributed by atoms with Gasteiger partial charge in [0.2, 0.25) is 0 Å². The third kappa shape index (κ3) is 2.39. The Balaban J connectivity index is 2.49. The SMILES string of the molecule is Cc1cnccc1C(NN)c1ccc(F)cc1C. The van der Waals surface area contributed by atoms with E-state index < -0.39 is 0 Å². The van der Waals surface area contributed by atoms with Crippen LogP contribution >= 0.6 is 0 Å². The van der Waals surface area contributed by atoms with Crippen LogP contribution in [0.25, 0.3) is 0 Å². The van der Waals surface area contributed by atoms with Gasteiger partial charge >= 0.3 is 0 Å². The molecule has 0 saturated carbocycles. The Bertz CT molecular complexity index is 554. The summed E-state index contributed by atoms with van der Waals surface area (Å²) in [5.41, 5.74) is 6.71. The van der Waals surface area contributed by atoms with Crippen LogP contribution in [0.3, 0.4) is 0 Å². The number of pyridine rings is 1. The molecule has 1 unspecified atom stereocenters. The van der Waals surface area contributed by atoms with Crippen molar-refractivity contribution >= 4 is 0 Å². The smallest absolute Gasteiger partial charge is 0.123 e. The number of nitrogens with two attached hydrogens (primary N) is 1. The van der Waals surface area contributed by atoms with Gasteiger partial charge in [-0.3, -0.25) is 10.8 Å². The highest BCUT2D eigenvalue weighted by molar-refractivity contribution is 5.39. The molecule has 0 radical (unpaired) electrons. The molecular weight excluding hydrogens is 229 g/mol. The molecule has 0 fully saturated rings. The van der Waals surface area contributed by atoms with Gasteiger partial charge in [-0.05, 0) is 54.3 Å². The molecule has 0 spiro atoms. The molecule has 0 saturated heterocycles. The van der Waals surface area contributed by atoms with Crippen molar-refractivity contribution in [2.24, 2.45) is 5.84 Å². The van der Waals surface area contributed by atoms with E-state index in [1.807, 2.05) is 19.9 Å². The molecule has 18 heavy (non-hydrogen) atoms. The summed E-state index contributed by atoms with van der Waals surface area (Å²) in [6, 6.07) is 6.48. The van der Waals surface area contributed by atoms with Gasteiger partial charge in [0.25, 0.3) is 0 Å². The van der Waals surface area contributed by atoms with Crippen LogP contribution in [0.15, 0.2) is 36.7 Å². The largest absolute Gasteiger partial charge is 0.271 e. The number of rotatable bonds is 3. The number of aryl methyl sites for hydroxylation is 2. The lowest BCUT2D eigenvalue weighted by Gasteiger charge is -2.20. The highest BCUT2D eigenvalue weighted by Crippen LogP contribution is 2.26. The quantitative estimate of drug-likeness (QED) is 0.645. The number of hydrogen-bond acceptors (Lipinski definition) is 3. The molecule has 0 amide bonds. The van der Waals surface area contributed by atoms with E-state index >= 15 is 0 Å². The van der Waals surface area contributed by atoms with E-state index in [1.54, 1.807) is 18.5 Å². The first-order valence-corrected chi connectivity index (χ1v) is 5.76. The number of nitrogens with zero attached hydrogens (tertiary/aromatic N) is 1. The normalized spacial score (nSPS) is 12.4. The molecule has 2 rings (SSSR count). The molecule has 4 heteroatoms. The molecule has 0 bridgehead atoms. The molecule has 1 aromatic carbocycles. The molecule has 1 heterocycles. The molecule has 1 aromatic heterocycles. The van der Waals surface area contributed by atoms with Gasteiger partial charge in [-0.25, -0.2) is 9.82 Å². The Kier molecular flexibility index (Phi) is 3.69. The molecule has 0 aliphatic heterocycles. The van der Waals surface area contributed by atoms with Crippen LogP contribution in [0.1, 0.15) is 28.3 Å². The third-order valence-electron chi connectivity index (χ3n) is 3.08. The van der Waals surface area contributed by atoms with Crippen LogP contribution in [0.4, 0.5) is 4.39 Å². The van der Waals surface area contributed by atoms with Gasteiger partial charge in [0.15, 0.2) is 0 Å². The van der Waals surface area contributed by atoms with E-state index in [2.05, 4.69) is 10.4 Å². The zero-order valence-corrected chi connectivity index (χ0v) is 10.4. The standard InChI is InChI=1S/C14H16FN3/c1-9-7-11(15)3-4-12(9)14(18-16)13-5-6-17-8-10(13)2/h3-8,14,18H,16H2,1-2H3. The van der Waals surface area contributed by atoms with Gasteiger partial charge in [-0.15, -0.1) is 0 Å². The van der Waals surface area contributed by atoms with Crippen LogP contribution < -0.4 is 11.3 Å². The number of halogens is 1. The van der Waals surface area contributed by atoms with Gasteiger partial charge in [0.05, 0.1) is 6.04 Å². The average molecular weight is 245 g/mol. The second kappa shape index (κ2) is 5.25. The van der Waals surface area contributed by atoms with E-state index in [-0.39, 0.29) is 11.9 Å². The van der Waals surface area contributed by atoms with Crippen molar-refractivity contribution < 1.29 is 4.39 Å². The number of nitrogens with one attached hydrogen (secondary N) is 1. The fourth-order valence-corrected chi connectivity index (χ4v) is 2.12. The first-order chi connectivity index (χ1) is 8.63. The van der Waals surface area contributed by atoms with Crippen LogP contribution in [-0.4, -0.2) is 4.98 Å². The summed E-state index contributed by atoms with van der Waals surface area (Å²) in [6.07, 6.45) is 3.52. The lowest BCUT2D eigenvalue weighted by molar-refractivity contribution is 0.610. The third-order valence-corrected chi connectivity index (χ3v) is 3.08. The summed E-state index contributed by atoms with van der Waals surface area (Å²) in [6.45, 7) is 3.85. The van der Waals surface area contributed by atoms with Crippen molar-refractivity contribution in [3.05, 3.63) is 64.7 Å². The van der Waals surface area contributed by atoms with Gasteiger partial charge in [0, 0.05) is 12.4 Å².